The maximum Gasteiger partial charge on any atom is 0.340 e. The van der Waals surface area contributed by atoms with Crippen LogP contribution in [-0.4, -0.2) is 23.0 Å². The number of hydrogen-bond acceptors (Lipinski definition) is 7. The van der Waals surface area contributed by atoms with Gasteiger partial charge in [0.1, 0.15) is 22.7 Å². The molecule has 2 heterocycles. The van der Waals surface area contributed by atoms with Gasteiger partial charge >= 0.3 is 5.63 Å². The molecule has 2 aromatic carbocycles. The van der Waals surface area contributed by atoms with Crippen molar-refractivity contribution in [2.24, 2.45) is 0 Å². The molecular formula is C27H24NO7-. The van der Waals surface area contributed by atoms with Crippen molar-refractivity contribution in [1.82, 2.24) is 5.32 Å². The first-order chi connectivity index (χ1) is 16.8. The summed E-state index contributed by atoms with van der Waals surface area (Å²) in [5, 5.41) is 25.2. The number of benzene rings is 2. The number of fused-ring (bicyclic) bond motifs is 4. The minimum absolute atomic E-state index is 0.0246. The third-order valence-corrected chi connectivity index (χ3v) is 6.70. The Morgan fingerprint density at radius 2 is 1.77 bits per heavy atom. The van der Waals surface area contributed by atoms with E-state index in [-0.39, 0.29) is 24.2 Å². The predicted molar refractivity (Wildman–Crippen MR) is 126 cm³/mol. The topological polar surface area (TPSA) is 133 Å². The molecule has 0 radical (unpaired) electrons. The van der Waals surface area contributed by atoms with Gasteiger partial charge in [-0.1, -0.05) is 12.1 Å². The van der Waals surface area contributed by atoms with E-state index in [4.69, 9.17) is 8.83 Å². The van der Waals surface area contributed by atoms with Crippen LogP contribution in [0.15, 0.2) is 50.0 Å². The zero-order valence-corrected chi connectivity index (χ0v) is 19.2. The van der Waals surface area contributed by atoms with Crippen molar-refractivity contribution in [3.05, 3.63) is 74.8 Å². The molecule has 0 bridgehead atoms. The van der Waals surface area contributed by atoms with Crippen LogP contribution in [0, 0.1) is 6.92 Å². The van der Waals surface area contributed by atoms with Crippen molar-refractivity contribution in [2.45, 2.75) is 51.5 Å². The third-order valence-electron chi connectivity index (χ3n) is 6.70. The lowest BCUT2D eigenvalue weighted by Gasteiger charge is -2.20. The second-order valence-corrected chi connectivity index (χ2v) is 9.03. The number of aromatic hydroxyl groups is 1. The fraction of sp³-hybridized carbons (Fsp3) is 0.296. The van der Waals surface area contributed by atoms with Crippen LogP contribution in [0.2, 0.25) is 0 Å². The molecule has 0 unspecified atom stereocenters. The fourth-order valence-electron chi connectivity index (χ4n) is 4.82. The van der Waals surface area contributed by atoms with Gasteiger partial charge in [-0.15, -0.1) is 0 Å². The minimum Gasteiger partial charge on any atom is -0.548 e. The Bertz CT molecular complexity index is 1510. The van der Waals surface area contributed by atoms with Crippen molar-refractivity contribution < 1.29 is 28.6 Å². The Morgan fingerprint density at radius 3 is 2.51 bits per heavy atom. The zero-order chi connectivity index (χ0) is 24.7. The summed E-state index contributed by atoms with van der Waals surface area (Å²) in [6.07, 6.45) is 3.65. The van der Waals surface area contributed by atoms with E-state index in [1.165, 1.54) is 17.7 Å². The number of carboxylic acid groups (broad SMARTS) is 1. The number of carboxylic acids is 1. The Balaban J connectivity index is 1.42. The number of amides is 1. The molecule has 0 saturated carbocycles. The van der Waals surface area contributed by atoms with Crippen molar-refractivity contribution in [2.75, 3.05) is 0 Å². The lowest BCUT2D eigenvalue weighted by molar-refractivity contribution is -0.308. The van der Waals surface area contributed by atoms with Gasteiger partial charge < -0.3 is 29.2 Å². The van der Waals surface area contributed by atoms with Crippen molar-refractivity contribution in [1.29, 1.82) is 0 Å². The lowest BCUT2D eigenvalue weighted by Crippen LogP contribution is -2.49. The van der Waals surface area contributed by atoms with Gasteiger partial charge in [0.15, 0.2) is 0 Å². The molecule has 2 N–H and O–H groups in total. The molecule has 8 nitrogen and oxygen atoms in total. The van der Waals surface area contributed by atoms with E-state index in [2.05, 4.69) is 5.32 Å². The van der Waals surface area contributed by atoms with Crippen LogP contribution in [0.25, 0.3) is 21.9 Å². The molecule has 1 amide bonds. The van der Waals surface area contributed by atoms with Crippen LogP contribution in [0.5, 0.6) is 5.75 Å². The molecule has 180 valence electrons. The van der Waals surface area contributed by atoms with Gasteiger partial charge in [0.05, 0.1) is 24.0 Å². The van der Waals surface area contributed by atoms with Crippen molar-refractivity contribution in [3.63, 3.8) is 0 Å². The number of aryl methyl sites for hydroxylation is 3. The van der Waals surface area contributed by atoms with Gasteiger partial charge in [0.2, 0.25) is 5.91 Å². The minimum atomic E-state index is -1.44. The largest absolute Gasteiger partial charge is 0.548 e. The molecular weight excluding hydrogens is 450 g/mol. The van der Waals surface area contributed by atoms with E-state index in [0.29, 0.717) is 22.3 Å². The number of furan rings is 1. The average Bonchev–Trinajstić information content (AvgIpc) is 3.19. The predicted octanol–water partition coefficient (Wildman–Crippen LogP) is 2.45. The molecule has 0 fully saturated rings. The number of aliphatic carboxylic acids is 1. The van der Waals surface area contributed by atoms with E-state index in [1.54, 1.807) is 25.1 Å². The van der Waals surface area contributed by atoms with Crippen LogP contribution in [0.1, 0.15) is 40.9 Å². The fourth-order valence-corrected chi connectivity index (χ4v) is 4.82. The monoisotopic (exact) mass is 474 g/mol. The van der Waals surface area contributed by atoms with Gasteiger partial charge in [0.25, 0.3) is 0 Å². The highest BCUT2D eigenvalue weighted by atomic mass is 16.4. The maximum absolute atomic E-state index is 12.7. The first-order valence-corrected chi connectivity index (χ1v) is 11.6. The number of phenols is 1. The number of nitrogens with one attached hydrogen (secondary N) is 1. The van der Waals surface area contributed by atoms with Gasteiger partial charge in [-0.3, -0.25) is 4.79 Å². The van der Waals surface area contributed by atoms with Gasteiger partial charge in [-0.05, 0) is 61.9 Å². The molecule has 1 aliphatic rings. The van der Waals surface area contributed by atoms with E-state index >= 15 is 0 Å². The van der Waals surface area contributed by atoms with Gasteiger partial charge in [-0.25, -0.2) is 4.79 Å². The summed E-state index contributed by atoms with van der Waals surface area (Å²) in [6, 6.07) is 8.38. The highest BCUT2D eigenvalue weighted by Gasteiger charge is 2.22. The molecule has 1 aliphatic carbocycles. The molecule has 2 aromatic heterocycles. The van der Waals surface area contributed by atoms with Crippen molar-refractivity contribution in [3.8, 4) is 5.75 Å². The molecule has 35 heavy (non-hydrogen) atoms. The number of carbonyl (C=O) groups is 2. The first kappa shape index (κ1) is 22.7. The summed E-state index contributed by atoms with van der Waals surface area (Å²) in [4.78, 5) is 37.1. The molecule has 5 rings (SSSR count). The molecule has 0 aliphatic heterocycles. The molecule has 8 heteroatoms. The van der Waals surface area contributed by atoms with E-state index in [0.717, 1.165) is 42.2 Å². The van der Waals surface area contributed by atoms with E-state index < -0.39 is 23.5 Å². The highest BCUT2D eigenvalue weighted by molar-refractivity contribution is 5.97. The van der Waals surface area contributed by atoms with Crippen LogP contribution >= 0.6 is 0 Å². The lowest BCUT2D eigenvalue weighted by atomic mass is 9.94. The SMILES string of the molecule is Cc1c(CC(=O)N[C@@H](Cc2ccc(O)cc2)C(=O)[O-])c(=O)oc2cc3oc4c(c3cc12)CCCC4. The number of hydrogen-bond donors (Lipinski definition) is 2. The first-order valence-electron chi connectivity index (χ1n) is 11.6. The summed E-state index contributed by atoms with van der Waals surface area (Å²) >= 11 is 0. The molecule has 0 saturated heterocycles. The summed E-state index contributed by atoms with van der Waals surface area (Å²) in [5.41, 5.74) is 2.99. The van der Waals surface area contributed by atoms with Crippen LogP contribution < -0.4 is 16.0 Å². The summed E-state index contributed by atoms with van der Waals surface area (Å²) < 4.78 is 11.5. The Kier molecular flexibility index (Phi) is 5.80. The Morgan fingerprint density at radius 1 is 1.06 bits per heavy atom. The van der Waals surface area contributed by atoms with E-state index in [9.17, 15) is 24.6 Å². The normalized spacial score (nSPS) is 14.1. The van der Waals surface area contributed by atoms with Gasteiger partial charge in [-0.2, -0.15) is 0 Å². The summed E-state index contributed by atoms with van der Waals surface area (Å²) in [7, 11) is 0. The van der Waals surface area contributed by atoms with E-state index in [1.807, 2.05) is 6.07 Å². The molecule has 1 atom stereocenters. The number of rotatable bonds is 6. The number of phenolic OH excluding ortho intramolecular Hbond substituents is 1. The van der Waals surface area contributed by atoms with Crippen LogP contribution in [0.3, 0.4) is 0 Å². The number of carbonyl (C=O) groups excluding carboxylic acids is 2. The third kappa shape index (κ3) is 4.39. The average molecular weight is 474 g/mol. The van der Waals surface area contributed by atoms with Crippen LogP contribution in [-0.2, 0) is 35.3 Å². The Hall–Kier alpha value is -4.07. The standard InChI is InChI=1S/C27H25NO7/c1-14-18-11-20-17-4-2-3-5-22(17)34-24(20)13-23(18)35-27(33)19(14)12-25(30)28-21(26(31)32)10-15-6-8-16(29)9-7-15/h6-9,11,13,21,29H,2-5,10,12H2,1H3,(H,28,30)(H,31,32)/p-1/t21-/m0/s1. The Labute approximate surface area is 200 Å². The molecule has 0 spiro atoms. The maximum atomic E-state index is 12.7. The highest BCUT2D eigenvalue weighted by Crippen LogP contribution is 2.35. The van der Waals surface area contributed by atoms with Crippen molar-refractivity contribution >= 4 is 33.8 Å². The zero-order valence-electron chi connectivity index (χ0n) is 19.2. The molecule has 4 aromatic rings. The second-order valence-electron chi connectivity index (χ2n) is 9.03. The smallest absolute Gasteiger partial charge is 0.340 e. The quantitative estimate of drug-likeness (QED) is 0.410. The second kappa shape index (κ2) is 8.94. The summed E-state index contributed by atoms with van der Waals surface area (Å²) in [5.74, 6) is -1.05. The van der Waals surface area contributed by atoms with Gasteiger partial charge in [0, 0.05) is 28.8 Å². The summed E-state index contributed by atoms with van der Waals surface area (Å²) in [6.45, 7) is 1.76. The van der Waals surface area contributed by atoms with Crippen LogP contribution in [0.4, 0.5) is 0 Å².